The lowest BCUT2D eigenvalue weighted by molar-refractivity contribution is 0.395. The van der Waals surface area contributed by atoms with Crippen LogP contribution >= 0.6 is 0 Å². The van der Waals surface area contributed by atoms with Crippen molar-refractivity contribution in [3.05, 3.63) is 17.8 Å². The smallest absolute Gasteiger partial charge is 0.213 e. The zero-order chi connectivity index (χ0) is 8.55. The summed E-state index contributed by atoms with van der Waals surface area (Å²) in [5, 5.41) is 0. The predicted octanol–water partition coefficient (Wildman–Crippen LogP) is 1.08. The van der Waals surface area contributed by atoms with Crippen molar-refractivity contribution >= 4 is 5.69 Å². The Kier molecular flexibility index (Phi) is 1.62. The first kappa shape index (κ1) is 7.36. The largest absolute Gasteiger partial charge is 0.481 e. The average Bonchev–Trinajstić information content (AvgIpc) is 2.47. The van der Waals surface area contributed by atoms with E-state index in [1.807, 2.05) is 19.1 Å². The molecule has 0 fully saturated rings. The second-order valence-corrected chi connectivity index (χ2v) is 2.78. The summed E-state index contributed by atoms with van der Waals surface area (Å²) in [6.45, 7) is 2.05. The van der Waals surface area contributed by atoms with Crippen LogP contribution in [-0.2, 0) is 0 Å². The molecule has 0 amide bonds. The van der Waals surface area contributed by atoms with Gasteiger partial charge in [-0.15, -0.1) is 0 Å². The molecule has 2 rings (SSSR count). The molecule has 64 valence electrons. The molecule has 1 atom stereocenters. The first-order valence-corrected chi connectivity index (χ1v) is 3.87. The highest BCUT2D eigenvalue weighted by Crippen LogP contribution is 2.27. The average molecular weight is 165 g/mol. The SMILES string of the molecule is COc1ccc2c(n1)C(C)NN2. The zero-order valence-electron chi connectivity index (χ0n) is 7.09. The lowest BCUT2D eigenvalue weighted by Crippen LogP contribution is -2.15. The van der Waals surface area contributed by atoms with Crippen molar-refractivity contribution in [3.8, 4) is 5.88 Å². The predicted molar refractivity (Wildman–Crippen MR) is 46.0 cm³/mol. The quantitative estimate of drug-likeness (QED) is 0.653. The number of methoxy groups -OCH3 is 1. The fourth-order valence-electron chi connectivity index (χ4n) is 1.26. The maximum absolute atomic E-state index is 5.02. The van der Waals surface area contributed by atoms with E-state index >= 15 is 0 Å². The van der Waals surface area contributed by atoms with Crippen molar-refractivity contribution < 1.29 is 4.74 Å². The van der Waals surface area contributed by atoms with Crippen LogP contribution in [-0.4, -0.2) is 12.1 Å². The van der Waals surface area contributed by atoms with Crippen molar-refractivity contribution in [3.63, 3.8) is 0 Å². The molecule has 1 unspecified atom stereocenters. The van der Waals surface area contributed by atoms with E-state index in [1.165, 1.54) is 0 Å². The van der Waals surface area contributed by atoms with Crippen molar-refractivity contribution in [2.45, 2.75) is 13.0 Å². The number of fused-ring (bicyclic) bond motifs is 1. The minimum absolute atomic E-state index is 0.245. The van der Waals surface area contributed by atoms with E-state index in [9.17, 15) is 0 Å². The molecule has 12 heavy (non-hydrogen) atoms. The number of hydrogen-bond donors (Lipinski definition) is 2. The molecule has 0 aliphatic carbocycles. The van der Waals surface area contributed by atoms with Gasteiger partial charge in [0.15, 0.2) is 0 Å². The van der Waals surface area contributed by atoms with E-state index in [4.69, 9.17) is 4.74 Å². The summed E-state index contributed by atoms with van der Waals surface area (Å²) in [5.74, 6) is 0.658. The maximum Gasteiger partial charge on any atom is 0.213 e. The molecule has 0 spiro atoms. The number of nitrogens with one attached hydrogen (secondary N) is 2. The first-order chi connectivity index (χ1) is 5.81. The topological polar surface area (TPSA) is 46.2 Å². The zero-order valence-corrected chi connectivity index (χ0v) is 7.09. The lowest BCUT2D eigenvalue weighted by atomic mass is 10.2. The monoisotopic (exact) mass is 165 g/mol. The van der Waals surface area contributed by atoms with Crippen LogP contribution in [0.1, 0.15) is 18.7 Å². The highest BCUT2D eigenvalue weighted by atomic mass is 16.5. The van der Waals surface area contributed by atoms with Crippen LogP contribution in [0, 0.1) is 0 Å². The summed E-state index contributed by atoms with van der Waals surface area (Å²) in [6, 6.07) is 4.04. The number of ether oxygens (including phenoxy) is 1. The van der Waals surface area contributed by atoms with Gasteiger partial charge in [-0.1, -0.05) is 0 Å². The molecule has 0 bridgehead atoms. The van der Waals surface area contributed by atoms with Crippen molar-refractivity contribution in [2.24, 2.45) is 0 Å². The number of nitrogens with zero attached hydrogens (tertiary/aromatic N) is 1. The molecule has 0 radical (unpaired) electrons. The van der Waals surface area contributed by atoms with Gasteiger partial charge in [0, 0.05) is 6.07 Å². The van der Waals surface area contributed by atoms with Crippen LogP contribution in [0.25, 0.3) is 0 Å². The Morgan fingerprint density at radius 2 is 2.33 bits per heavy atom. The van der Waals surface area contributed by atoms with Crippen molar-refractivity contribution in [2.75, 3.05) is 12.5 Å². The Balaban J connectivity index is 2.43. The molecule has 0 saturated carbocycles. The fourth-order valence-corrected chi connectivity index (χ4v) is 1.26. The summed E-state index contributed by atoms with van der Waals surface area (Å²) in [6.07, 6.45) is 0. The number of anilines is 1. The first-order valence-electron chi connectivity index (χ1n) is 3.87. The molecule has 1 aromatic rings. The van der Waals surface area contributed by atoms with Gasteiger partial charge in [0.05, 0.1) is 24.5 Å². The molecule has 1 aromatic heterocycles. The lowest BCUT2D eigenvalue weighted by Gasteiger charge is -2.02. The fraction of sp³-hybridized carbons (Fsp3) is 0.375. The van der Waals surface area contributed by atoms with Gasteiger partial charge in [0.25, 0.3) is 0 Å². The Morgan fingerprint density at radius 1 is 1.50 bits per heavy atom. The van der Waals surface area contributed by atoms with Gasteiger partial charge in [0.2, 0.25) is 5.88 Å². The molecule has 1 aliphatic heterocycles. The summed E-state index contributed by atoms with van der Waals surface area (Å²) in [7, 11) is 1.62. The molecule has 2 N–H and O–H groups in total. The minimum atomic E-state index is 0.245. The highest BCUT2D eigenvalue weighted by Gasteiger charge is 2.19. The van der Waals surface area contributed by atoms with Gasteiger partial charge in [0.1, 0.15) is 0 Å². The molecular formula is C8H11N3O. The summed E-state index contributed by atoms with van der Waals surface area (Å²) in [5.41, 5.74) is 8.14. The van der Waals surface area contributed by atoms with E-state index in [0.29, 0.717) is 5.88 Å². The maximum atomic E-state index is 5.02. The van der Waals surface area contributed by atoms with E-state index < -0.39 is 0 Å². The second-order valence-electron chi connectivity index (χ2n) is 2.78. The molecule has 4 nitrogen and oxygen atoms in total. The van der Waals surface area contributed by atoms with Crippen LogP contribution in [0.15, 0.2) is 12.1 Å². The van der Waals surface area contributed by atoms with Crippen molar-refractivity contribution in [1.82, 2.24) is 10.4 Å². The number of hydrogen-bond acceptors (Lipinski definition) is 4. The molecule has 0 saturated heterocycles. The molecule has 4 heteroatoms. The van der Waals surface area contributed by atoms with Gasteiger partial charge < -0.3 is 10.2 Å². The van der Waals surface area contributed by atoms with Gasteiger partial charge in [-0.25, -0.2) is 10.4 Å². The van der Waals surface area contributed by atoms with Crippen LogP contribution in [0.3, 0.4) is 0 Å². The molecular weight excluding hydrogens is 154 g/mol. The number of pyridine rings is 1. The van der Waals surface area contributed by atoms with Crippen LogP contribution in [0.2, 0.25) is 0 Å². The molecule has 1 aliphatic rings. The number of rotatable bonds is 1. The Labute approximate surface area is 70.9 Å². The third-order valence-corrected chi connectivity index (χ3v) is 1.94. The van der Waals surface area contributed by atoms with Gasteiger partial charge in [-0.3, -0.25) is 0 Å². The van der Waals surface area contributed by atoms with E-state index in [0.717, 1.165) is 11.4 Å². The van der Waals surface area contributed by atoms with Crippen LogP contribution in [0.4, 0.5) is 5.69 Å². The summed E-state index contributed by atoms with van der Waals surface area (Å²) >= 11 is 0. The van der Waals surface area contributed by atoms with Gasteiger partial charge in [-0.2, -0.15) is 0 Å². The summed E-state index contributed by atoms with van der Waals surface area (Å²) < 4.78 is 5.02. The van der Waals surface area contributed by atoms with E-state index in [2.05, 4.69) is 15.8 Å². The molecule has 2 heterocycles. The third kappa shape index (κ3) is 1.00. The second kappa shape index (κ2) is 2.64. The Morgan fingerprint density at radius 3 is 3.08 bits per heavy atom. The number of aromatic nitrogens is 1. The normalized spacial score (nSPS) is 20.0. The molecule has 0 aromatic carbocycles. The Bertz CT molecular complexity index is 300. The van der Waals surface area contributed by atoms with Gasteiger partial charge >= 0.3 is 0 Å². The van der Waals surface area contributed by atoms with Crippen LogP contribution < -0.4 is 15.6 Å². The third-order valence-electron chi connectivity index (χ3n) is 1.94. The highest BCUT2D eigenvalue weighted by molar-refractivity contribution is 5.53. The Hall–Kier alpha value is -1.29. The summed E-state index contributed by atoms with van der Waals surface area (Å²) in [4.78, 5) is 4.31. The van der Waals surface area contributed by atoms with Crippen molar-refractivity contribution in [1.29, 1.82) is 0 Å². The van der Waals surface area contributed by atoms with Crippen LogP contribution in [0.5, 0.6) is 5.88 Å². The standard InChI is InChI=1S/C8H11N3O/c1-5-8-6(11-10-5)3-4-7(9-8)12-2/h3-5,10-11H,1-2H3. The van der Waals surface area contributed by atoms with E-state index in [-0.39, 0.29) is 6.04 Å². The number of hydrazine groups is 1. The van der Waals surface area contributed by atoms with Gasteiger partial charge in [-0.05, 0) is 13.0 Å². The minimum Gasteiger partial charge on any atom is -0.481 e. The van der Waals surface area contributed by atoms with E-state index in [1.54, 1.807) is 7.11 Å².